The van der Waals surface area contributed by atoms with E-state index in [1.807, 2.05) is 12.3 Å². The predicted molar refractivity (Wildman–Crippen MR) is 67.2 cm³/mol. The Morgan fingerprint density at radius 2 is 2.00 bits per heavy atom. The third-order valence-corrected chi connectivity index (χ3v) is 3.27. The summed E-state index contributed by atoms with van der Waals surface area (Å²) in [5, 5.41) is 3.53. The van der Waals surface area contributed by atoms with Crippen molar-refractivity contribution in [3.8, 4) is 0 Å². The molecule has 16 heavy (non-hydrogen) atoms. The zero-order valence-electron chi connectivity index (χ0n) is 9.78. The molecule has 0 saturated heterocycles. The van der Waals surface area contributed by atoms with Crippen molar-refractivity contribution in [1.82, 2.24) is 4.98 Å². The lowest BCUT2D eigenvalue weighted by Crippen LogP contribution is -2.19. The third kappa shape index (κ3) is 3.20. The lowest BCUT2D eigenvalue weighted by Gasteiger charge is -2.17. The molecule has 1 aromatic heterocycles. The van der Waals surface area contributed by atoms with Crippen LogP contribution in [0.15, 0.2) is 18.3 Å². The average molecular weight is 219 g/mol. The first-order valence-corrected chi connectivity index (χ1v) is 6.30. The quantitative estimate of drug-likeness (QED) is 0.768. The SMILES string of the molecule is NCc1ccnc(NC2CCCCCC2)c1. The van der Waals surface area contributed by atoms with Crippen LogP contribution < -0.4 is 11.1 Å². The molecule has 2 rings (SSSR count). The summed E-state index contributed by atoms with van der Waals surface area (Å²) in [6, 6.07) is 4.63. The molecule has 0 radical (unpaired) electrons. The maximum Gasteiger partial charge on any atom is 0.126 e. The second kappa shape index (κ2) is 5.85. The fourth-order valence-corrected chi connectivity index (χ4v) is 2.31. The van der Waals surface area contributed by atoms with Crippen molar-refractivity contribution in [1.29, 1.82) is 0 Å². The lowest BCUT2D eigenvalue weighted by molar-refractivity contribution is 0.617. The van der Waals surface area contributed by atoms with Gasteiger partial charge in [-0.25, -0.2) is 4.98 Å². The minimum absolute atomic E-state index is 0.585. The number of rotatable bonds is 3. The highest BCUT2D eigenvalue weighted by Crippen LogP contribution is 2.20. The maximum atomic E-state index is 5.62. The Morgan fingerprint density at radius 3 is 2.69 bits per heavy atom. The number of hydrogen-bond acceptors (Lipinski definition) is 3. The molecule has 1 aliphatic carbocycles. The van der Waals surface area contributed by atoms with Crippen LogP contribution in [-0.2, 0) is 6.54 Å². The van der Waals surface area contributed by atoms with Crippen LogP contribution in [0.5, 0.6) is 0 Å². The van der Waals surface area contributed by atoms with Crippen LogP contribution in [0.1, 0.15) is 44.1 Å². The number of nitrogens with two attached hydrogens (primary N) is 1. The highest BCUT2D eigenvalue weighted by molar-refractivity contribution is 5.38. The Labute approximate surface area is 97.5 Å². The molecule has 0 spiro atoms. The van der Waals surface area contributed by atoms with E-state index in [0.29, 0.717) is 12.6 Å². The minimum atomic E-state index is 0.585. The number of hydrogen-bond donors (Lipinski definition) is 2. The second-order valence-corrected chi connectivity index (χ2v) is 4.59. The largest absolute Gasteiger partial charge is 0.367 e. The molecule has 0 amide bonds. The van der Waals surface area contributed by atoms with Crippen LogP contribution in [-0.4, -0.2) is 11.0 Å². The van der Waals surface area contributed by atoms with Crippen LogP contribution >= 0.6 is 0 Å². The molecule has 3 heteroatoms. The van der Waals surface area contributed by atoms with E-state index >= 15 is 0 Å². The number of anilines is 1. The van der Waals surface area contributed by atoms with Crippen molar-refractivity contribution < 1.29 is 0 Å². The van der Waals surface area contributed by atoms with Crippen LogP contribution in [0.4, 0.5) is 5.82 Å². The molecule has 88 valence electrons. The molecule has 1 heterocycles. The van der Waals surface area contributed by atoms with E-state index in [1.165, 1.54) is 38.5 Å². The summed E-state index contributed by atoms with van der Waals surface area (Å²) in [5.74, 6) is 0.981. The van der Waals surface area contributed by atoms with Gasteiger partial charge in [0.15, 0.2) is 0 Å². The van der Waals surface area contributed by atoms with E-state index in [4.69, 9.17) is 5.73 Å². The summed E-state index contributed by atoms with van der Waals surface area (Å²) in [5.41, 5.74) is 6.77. The first kappa shape index (κ1) is 11.4. The molecule has 3 nitrogen and oxygen atoms in total. The van der Waals surface area contributed by atoms with Crippen LogP contribution in [0.3, 0.4) is 0 Å². The predicted octanol–water partition coefficient (Wildman–Crippen LogP) is 2.68. The second-order valence-electron chi connectivity index (χ2n) is 4.59. The highest BCUT2D eigenvalue weighted by atomic mass is 15.0. The summed E-state index contributed by atoms with van der Waals surface area (Å²) >= 11 is 0. The van der Waals surface area contributed by atoms with E-state index in [0.717, 1.165) is 11.4 Å². The van der Waals surface area contributed by atoms with Gasteiger partial charge in [-0.15, -0.1) is 0 Å². The molecule has 0 aromatic carbocycles. The number of nitrogens with one attached hydrogen (secondary N) is 1. The number of pyridine rings is 1. The van der Waals surface area contributed by atoms with Crippen LogP contribution in [0.25, 0.3) is 0 Å². The summed E-state index contributed by atoms with van der Waals surface area (Å²) < 4.78 is 0. The van der Waals surface area contributed by atoms with Crippen molar-refractivity contribution in [2.24, 2.45) is 5.73 Å². The smallest absolute Gasteiger partial charge is 0.126 e. The standard InChI is InChI=1S/C13H21N3/c14-10-11-7-8-15-13(9-11)16-12-5-3-1-2-4-6-12/h7-9,12H,1-6,10,14H2,(H,15,16). The summed E-state index contributed by atoms with van der Waals surface area (Å²) in [4.78, 5) is 4.35. The van der Waals surface area contributed by atoms with E-state index < -0.39 is 0 Å². The van der Waals surface area contributed by atoms with Crippen molar-refractivity contribution in [2.45, 2.75) is 51.1 Å². The minimum Gasteiger partial charge on any atom is -0.367 e. The van der Waals surface area contributed by atoms with Crippen molar-refractivity contribution >= 4 is 5.82 Å². The third-order valence-electron chi connectivity index (χ3n) is 3.27. The Hall–Kier alpha value is -1.09. The fraction of sp³-hybridized carbons (Fsp3) is 0.615. The van der Waals surface area contributed by atoms with Gasteiger partial charge in [-0.2, -0.15) is 0 Å². The molecule has 1 aromatic rings. The molecular formula is C13H21N3. The van der Waals surface area contributed by atoms with Gasteiger partial charge in [-0.05, 0) is 30.5 Å². The average Bonchev–Trinajstić information content (AvgIpc) is 2.58. The van der Waals surface area contributed by atoms with Gasteiger partial charge in [0, 0.05) is 18.8 Å². The van der Waals surface area contributed by atoms with Crippen molar-refractivity contribution in [2.75, 3.05) is 5.32 Å². The molecule has 0 atom stereocenters. The molecule has 0 unspecified atom stereocenters. The van der Waals surface area contributed by atoms with Gasteiger partial charge in [0.25, 0.3) is 0 Å². The zero-order valence-corrected chi connectivity index (χ0v) is 9.78. The van der Waals surface area contributed by atoms with E-state index in [1.54, 1.807) is 0 Å². The Balaban J connectivity index is 1.96. The van der Waals surface area contributed by atoms with Gasteiger partial charge in [0.2, 0.25) is 0 Å². The Kier molecular flexibility index (Phi) is 4.17. The van der Waals surface area contributed by atoms with E-state index in [2.05, 4.69) is 16.4 Å². The van der Waals surface area contributed by atoms with Crippen molar-refractivity contribution in [3.63, 3.8) is 0 Å². The zero-order chi connectivity index (χ0) is 11.2. The first-order chi connectivity index (χ1) is 7.88. The maximum absolute atomic E-state index is 5.62. The number of nitrogens with zero attached hydrogens (tertiary/aromatic N) is 1. The molecule has 1 saturated carbocycles. The summed E-state index contributed by atoms with van der Waals surface area (Å²) in [6.45, 7) is 0.585. The first-order valence-electron chi connectivity index (χ1n) is 6.30. The van der Waals surface area contributed by atoms with Gasteiger partial charge in [0.1, 0.15) is 5.82 Å². The lowest BCUT2D eigenvalue weighted by atomic mass is 10.1. The topological polar surface area (TPSA) is 50.9 Å². The molecule has 1 aliphatic rings. The van der Waals surface area contributed by atoms with Crippen LogP contribution in [0, 0.1) is 0 Å². The summed E-state index contributed by atoms with van der Waals surface area (Å²) in [6.07, 6.45) is 9.83. The fourth-order valence-electron chi connectivity index (χ4n) is 2.31. The van der Waals surface area contributed by atoms with E-state index in [-0.39, 0.29) is 0 Å². The van der Waals surface area contributed by atoms with E-state index in [9.17, 15) is 0 Å². The normalized spacial score (nSPS) is 18.1. The molecular weight excluding hydrogens is 198 g/mol. The molecule has 3 N–H and O–H groups in total. The molecule has 1 fully saturated rings. The van der Waals surface area contributed by atoms with Gasteiger partial charge in [0.05, 0.1) is 0 Å². The molecule has 0 bridgehead atoms. The van der Waals surface area contributed by atoms with Gasteiger partial charge in [-0.3, -0.25) is 0 Å². The summed E-state index contributed by atoms with van der Waals surface area (Å²) in [7, 11) is 0. The monoisotopic (exact) mass is 219 g/mol. The van der Waals surface area contributed by atoms with Crippen LogP contribution in [0.2, 0.25) is 0 Å². The van der Waals surface area contributed by atoms with Crippen molar-refractivity contribution in [3.05, 3.63) is 23.9 Å². The molecule has 0 aliphatic heterocycles. The highest BCUT2D eigenvalue weighted by Gasteiger charge is 2.12. The number of aromatic nitrogens is 1. The van der Waals surface area contributed by atoms with Gasteiger partial charge < -0.3 is 11.1 Å². The van der Waals surface area contributed by atoms with Gasteiger partial charge in [-0.1, -0.05) is 25.7 Å². The Morgan fingerprint density at radius 1 is 1.25 bits per heavy atom. The van der Waals surface area contributed by atoms with Gasteiger partial charge >= 0.3 is 0 Å². The Bertz CT molecular complexity index is 317.